The highest BCUT2D eigenvalue weighted by molar-refractivity contribution is 7.99. The van der Waals surface area contributed by atoms with E-state index in [-0.39, 0.29) is 22.8 Å². The number of amides is 1. The van der Waals surface area contributed by atoms with Gasteiger partial charge in [0.25, 0.3) is 11.6 Å². The molecule has 1 heterocycles. The number of nitro groups is 1. The van der Waals surface area contributed by atoms with Crippen molar-refractivity contribution in [3.05, 3.63) is 100 Å². The molecule has 0 saturated carbocycles. The van der Waals surface area contributed by atoms with E-state index < -0.39 is 4.92 Å². The van der Waals surface area contributed by atoms with Gasteiger partial charge in [0.05, 0.1) is 16.9 Å². The summed E-state index contributed by atoms with van der Waals surface area (Å²) >= 11 is 1.25. The molecule has 0 aliphatic rings. The molecule has 0 atom stereocenters. The number of nitrogens with zero attached hydrogens (tertiary/aromatic N) is 5. The molecular formula is C27H26N6O3S. The quantitative estimate of drug-likeness (QED) is 0.146. The van der Waals surface area contributed by atoms with Crippen LogP contribution in [0.4, 0.5) is 5.69 Å². The highest BCUT2D eigenvalue weighted by atomic mass is 32.2. The van der Waals surface area contributed by atoms with Gasteiger partial charge in [0.15, 0.2) is 11.0 Å². The van der Waals surface area contributed by atoms with Crippen molar-refractivity contribution in [2.45, 2.75) is 31.3 Å². The minimum Gasteiger partial charge on any atom is -0.272 e. The number of non-ortho nitro benzene ring substituents is 1. The monoisotopic (exact) mass is 514 g/mol. The van der Waals surface area contributed by atoms with Crippen molar-refractivity contribution < 1.29 is 9.72 Å². The van der Waals surface area contributed by atoms with E-state index in [4.69, 9.17) is 0 Å². The minimum atomic E-state index is -0.472. The average molecular weight is 515 g/mol. The van der Waals surface area contributed by atoms with Crippen molar-refractivity contribution >= 4 is 29.6 Å². The number of carbonyl (C=O) groups excluding carboxylic acids is 1. The van der Waals surface area contributed by atoms with Crippen LogP contribution >= 0.6 is 11.8 Å². The van der Waals surface area contributed by atoms with Gasteiger partial charge in [0, 0.05) is 23.4 Å². The molecule has 0 saturated heterocycles. The summed E-state index contributed by atoms with van der Waals surface area (Å²) in [5, 5.41) is 24.1. The molecule has 0 fully saturated rings. The maximum Gasteiger partial charge on any atom is 0.269 e. The number of nitrogens with one attached hydrogen (secondary N) is 1. The summed E-state index contributed by atoms with van der Waals surface area (Å²) in [5.74, 6) is 0.443. The number of rotatable bonds is 8. The van der Waals surface area contributed by atoms with E-state index in [1.165, 1.54) is 35.7 Å². The van der Waals surface area contributed by atoms with E-state index in [0.717, 1.165) is 11.3 Å². The second-order valence-corrected chi connectivity index (χ2v) is 10.2. The van der Waals surface area contributed by atoms with Crippen molar-refractivity contribution in [1.82, 2.24) is 20.2 Å². The van der Waals surface area contributed by atoms with Crippen molar-refractivity contribution in [2.75, 3.05) is 5.75 Å². The Bertz CT molecular complexity index is 1410. The third-order valence-electron chi connectivity index (χ3n) is 5.50. The van der Waals surface area contributed by atoms with Crippen molar-refractivity contribution in [3.63, 3.8) is 0 Å². The molecule has 0 bridgehead atoms. The lowest BCUT2D eigenvalue weighted by molar-refractivity contribution is -0.384. The van der Waals surface area contributed by atoms with Gasteiger partial charge in [0.2, 0.25) is 0 Å². The van der Waals surface area contributed by atoms with E-state index in [0.29, 0.717) is 16.5 Å². The van der Waals surface area contributed by atoms with E-state index in [1.807, 2.05) is 47.0 Å². The van der Waals surface area contributed by atoms with Crippen molar-refractivity contribution in [1.29, 1.82) is 0 Å². The molecular weight excluding hydrogens is 488 g/mol. The number of benzene rings is 3. The molecule has 1 N–H and O–H groups in total. The van der Waals surface area contributed by atoms with Crippen molar-refractivity contribution in [3.8, 4) is 17.1 Å². The maximum absolute atomic E-state index is 12.4. The maximum atomic E-state index is 12.4. The Kier molecular flexibility index (Phi) is 7.78. The first-order valence-electron chi connectivity index (χ1n) is 11.5. The van der Waals surface area contributed by atoms with E-state index in [2.05, 4.69) is 53.6 Å². The summed E-state index contributed by atoms with van der Waals surface area (Å²) in [4.78, 5) is 22.7. The Labute approximate surface area is 218 Å². The molecule has 3 aromatic carbocycles. The van der Waals surface area contributed by atoms with Gasteiger partial charge in [-0.2, -0.15) is 5.10 Å². The van der Waals surface area contributed by atoms with Gasteiger partial charge in [-0.15, -0.1) is 10.2 Å². The molecule has 0 spiro atoms. The first-order chi connectivity index (χ1) is 17.7. The summed E-state index contributed by atoms with van der Waals surface area (Å²) in [5.41, 5.74) is 6.18. The molecule has 4 aromatic rings. The highest BCUT2D eigenvalue weighted by Crippen LogP contribution is 2.30. The summed E-state index contributed by atoms with van der Waals surface area (Å²) in [7, 11) is 0. The van der Waals surface area contributed by atoms with Crippen LogP contribution in [0.25, 0.3) is 17.1 Å². The predicted octanol–water partition coefficient (Wildman–Crippen LogP) is 5.38. The van der Waals surface area contributed by atoms with Gasteiger partial charge >= 0.3 is 0 Å². The number of hydrazone groups is 1. The molecule has 9 nitrogen and oxygen atoms in total. The molecule has 0 radical (unpaired) electrons. The lowest BCUT2D eigenvalue weighted by atomic mass is 9.87. The van der Waals surface area contributed by atoms with Crippen LogP contribution < -0.4 is 5.43 Å². The predicted molar refractivity (Wildman–Crippen MR) is 145 cm³/mol. The standard InChI is InChI=1S/C27H26N6O3S/c1-27(2,3)21-13-11-20(12-14-21)25-30-31-26(32(25)22-7-5-4-6-8-22)37-18-24(34)29-28-17-19-9-15-23(16-10-19)33(35)36/h4-17H,18H2,1-3H3,(H,29,34)/b28-17+. The third kappa shape index (κ3) is 6.47. The smallest absolute Gasteiger partial charge is 0.269 e. The Morgan fingerprint density at radius 3 is 2.32 bits per heavy atom. The Hall–Kier alpha value is -4.31. The molecule has 1 aromatic heterocycles. The number of nitro benzene ring substituents is 1. The number of carbonyl (C=O) groups is 1. The largest absolute Gasteiger partial charge is 0.272 e. The fourth-order valence-corrected chi connectivity index (χ4v) is 4.25. The zero-order valence-electron chi connectivity index (χ0n) is 20.7. The van der Waals surface area contributed by atoms with Crippen LogP contribution in [0.5, 0.6) is 0 Å². The molecule has 188 valence electrons. The fraction of sp³-hybridized carbons (Fsp3) is 0.185. The fourth-order valence-electron chi connectivity index (χ4n) is 3.50. The van der Waals surface area contributed by atoms with Crippen LogP contribution in [0.2, 0.25) is 0 Å². The van der Waals surface area contributed by atoms with E-state index in [1.54, 1.807) is 12.1 Å². The van der Waals surface area contributed by atoms with Crippen LogP contribution in [0.3, 0.4) is 0 Å². The third-order valence-corrected chi connectivity index (χ3v) is 6.42. The number of hydrogen-bond acceptors (Lipinski definition) is 7. The van der Waals surface area contributed by atoms with Gasteiger partial charge in [-0.25, -0.2) is 5.43 Å². The number of thioether (sulfide) groups is 1. The summed E-state index contributed by atoms with van der Waals surface area (Å²) in [6.45, 7) is 6.51. The Morgan fingerprint density at radius 1 is 1.03 bits per heavy atom. The molecule has 0 unspecified atom stereocenters. The van der Waals surface area contributed by atoms with Gasteiger partial charge < -0.3 is 0 Å². The first-order valence-corrected chi connectivity index (χ1v) is 12.5. The number of hydrogen-bond donors (Lipinski definition) is 1. The molecule has 1 amide bonds. The topological polar surface area (TPSA) is 115 Å². The minimum absolute atomic E-state index is 0.00960. The molecule has 37 heavy (non-hydrogen) atoms. The van der Waals surface area contributed by atoms with Gasteiger partial charge in [0.1, 0.15) is 0 Å². The van der Waals surface area contributed by atoms with Crippen molar-refractivity contribution in [2.24, 2.45) is 5.10 Å². The number of para-hydroxylation sites is 1. The molecule has 10 heteroatoms. The van der Waals surface area contributed by atoms with Gasteiger partial charge in [-0.1, -0.05) is 75.0 Å². The molecule has 4 rings (SSSR count). The lowest BCUT2D eigenvalue weighted by Crippen LogP contribution is -2.20. The van der Waals surface area contributed by atoms with Crippen LogP contribution in [0, 0.1) is 10.1 Å². The van der Waals surface area contributed by atoms with Gasteiger partial charge in [-0.05, 0) is 40.8 Å². The summed E-state index contributed by atoms with van der Waals surface area (Å²) in [6, 6.07) is 23.9. The van der Waals surface area contributed by atoms with Crippen LogP contribution in [-0.4, -0.2) is 37.6 Å². The van der Waals surface area contributed by atoms with Crippen LogP contribution in [0.15, 0.2) is 89.1 Å². The Balaban J connectivity index is 1.48. The van der Waals surface area contributed by atoms with Gasteiger partial charge in [-0.3, -0.25) is 19.5 Å². The first kappa shape index (κ1) is 25.8. The molecule has 0 aliphatic carbocycles. The zero-order chi connectivity index (χ0) is 26.4. The SMILES string of the molecule is CC(C)(C)c1ccc(-c2nnc(SCC(=O)N/N=C/c3ccc([N+](=O)[O-])cc3)n2-c2ccccc2)cc1. The summed E-state index contributed by atoms with van der Waals surface area (Å²) in [6.07, 6.45) is 1.43. The highest BCUT2D eigenvalue weighted by Gasteiger charge is 2.19. The summed E-state index contributed by atoms with van der Waals surface area (Å²) < 4.78 is 1.93. The van der Waals surface area contributed by atoms with E-state index in [9.17, 15) is 14.9 Å². The van der Waals surface area contributed by atoms with Crippen LogP contribution in [0.1, 0.15) is 31.9 Å². The number of aromatic nitrogens is 3. The zero-order valence-corrected chi connectivity index (χ0v) is 21.5. The second-order valence-electron chi connectivity index (χ2n) is 9.23. The second kappa shape index (κ2) is 11.2. The molecule has 0 aliphatic heterocycles. The van der Waals surface area contributed by atoms with E-state index >= 15 is 0 Å². The van der Waals surface area contributed by atoms with Crippen LogP contribution in [-0.2, 0) is 10.2 Å². The Morgan fingerprint density at radius 2 is 1.70 bits per heavy atom. The normalized spacial score (nSPS) is 11.5. The average Bonchev–Trinajstić information content (AvgIpc) is 3.32. The lowest BCUT2D eigenvalue weighted by Gasteiger charge is -2.19.